The smallest absolute Gasteiger partial charge is 0.262 e. The van der Waals surface area contributed by atoms with E-state index in [-0.39, 0.29) is 12.0 Å². The first-order valence-corrected chi connectivity index (χ1v) is 9.02. The van der Waals surface area contributed by atoms with Crippen LogP contribution in [0.15, 0.2) is 78.9 Å². The number of hydrogen-bond donors (Lipinski definition) is 0. The number of carbonyl (C=O) groups excluding carboxylic acids is 1. The lowest BCUT2D eigenvalue weighted by molar-refractivity contribution is 0.0999. The Labute approximate surface area is 159 Å². The minimum absolute atomic E-state index is 0.0763. The molecule has 4 nitrogen and oxygen atoms in total. The molecular formula is C23H21NO3. The van der Waals surface area contributed by atoms with E-state index in [1.807, 2.05) is 85.8 Å². The van der Waals surface area contributed by atoms with Gasteiger partial charge in [0.1, 0.15) is 18.5 Å². The van der Waals surface area contributed by atoms with E-state index in [0.29, 0.717) is 12.2 Å². The molecule has 3 aromatic rings. The first-order chi connectivity index (χ1) is 13.2. The normalized spacial score (nSPS) is 15.2. The van der Waals surface area contributed by atoms with Crippen molar-refractivity contribution in [1.82, 2.24) is 0 Å². The van der Waals surface area contributed by atoms with Crippen LogP contribution in [0.4, 0.5) is 11.4 Å². The Morgan fingerprint density at radius 2 is 1.67 bits per heavy atom. The van der Waals surface area contributed by atoms with Gasteiger partial charge in [-0.05, 0) is 43.3 Å². The summed E-state index contributed by atoms with van der Waals surface area (Å²) >= 11 is 0. The van der Waals surface area contributed by atoms with Crippen molar-refractivity contribution in [3.63, 3.8) is 0 Å². The highest BCUT2D eigenvalue weighted by atomic mass is 16.6. The van der Waals surface area contributed by atoms with E-state index >= 15 is 0 Å². The number of benzene rings is 3. The fourth-order valence-corrected chi connectivity index (χ4v) is 3.00. The van der Waals surface area contributed by atoms with Gasteiger partial charge >= 0.3 is 0 Å². The molecule has 0 aromatic heterocycles. The number of hydrogen-bond acceptors (Lipinski definition) is 3. The third-order valence-electron chi connectivity index (χ3n) is 4.56. The molecule has 1 atom stereocenters. The molecule has 1 unspecified atom stereocenters. The summed E-state index contributed by atoms with van der Waals surface area (Å²) in [6.45, 7) is 3.26. The summed E-state index contributed by atoms with van der Waals surface area (Å²) in [5, 5.41) is 0. The zero-order valence-corrected chi connectivity index (χ0v) is 15.2. The Kier molecular flexibility index (Phi) is 4.90. The summed E-state index contributed by atoms with van der Waals surface area (Å²) in [5.41, 5.74) is 3.19. The molecule has 4 rings (SSSR count). The number of epoxide rings is 1. The number of nitrogens with zero attached hydrogens (tertiary/aromatic N) is 1. The molecule has 3 aromatic carbocycles. The Hall–Kier alpha value is -3.11. The van der Waals surface area contributed by atoms with Crippen LogP contribution < -0.4 is 9.64 Å². The lowest BCUT2D eigenvalue weighted by atomic mass is 10.1. The predicted molar refractivity (Wildman–Crippen MR) is 106 cm³/mol. The van der Waals surface area contributed by atoms with Crippen molar-refractivity contribution in [2.24, 2.45) is 0 Å². The summed E-state index contributed by atoms with van der Waals surface area (Å²) in [4.78, 5) is 15.1. The summed E-state index contributed by atoms with van der Waals surface area (Å²) in [6, 6.07) is 24.8. The first kappa shape index (κ1) is 17.3. The summed E-state index contributed by atoms with van der Waals surface area (Å²) in [6.07, 6.45) is 0.184. The van der Waals surface area contributed by atoms with E-state index in [2.05, 4.69) is 0 Å². The van der Waals surface area contributed by atoms with Crippen LogP contribution in [0, 0.1) is 6.92 Å². The van der Waals surface area contributed by atoms with Crippen LogP contribution in [-0.2, 0) is 4.74 Å². The van der Waals surface area contributed by atoms with E-state index in [0.717, 1.165) is 29.3 Å². The SMILES string of the molecule is Cc1c(OCC2CO2)cccc1N(C(=O)c1ccccc1)c1ccccc1. The van der Waals surface area contributed by atoms with Gasteiger partial charge < -0.3 is 9.47 Å². The van der Waals surface area contributed by atoms with Crippen molar-refractivity contribution in [3.05, 3.63) is 90.0 Å². The molecule has 0 spiro atoms. The van der Waals surface area contributed by atoms with Crippen LogP contribution in [0.25, 0.3) is 0 Å². The van der Waals surface area contributed by atoms with Gasteiger partial charge in [-0.1, -0.05) is 42.5 Å². The largest absolute Gasteiger partial charge is 0.490 e. The van der Waals surface area contributed by atoms with Gasteiger partial charge in [0.15, 0.2) is 0 Å². The number of ether oxygens (including phenoxy) is 2. The van der Waals surface area contributed by atoms with Gasteiger partial charge in [-0.3, -0.25) is 9.69 Å². The van der Waals surface area contributed by atoms with E-state index in [1.165, 1.54) is 0 Å². The highest BCUT2D eigenvalue weighted by Crippen LogP contribution is 2.35. The number of amides is 1. The molecule has 1 amide bonds. The quantitative estimate of drug-likeness (QED) is 0.597. The highest BCUT2D eigenvalue weighted by molar-refractivity contribution is 6.11. The van der Waals surface area contributed by atoms with Gasteiger partial charge in [0, 0.05) is 16.8 Å². The van der Waals surface area contributed by atoms with Crippen molar-refractivity contribution in [2.75, 3.05) is 18.1 Å². The third-order valence-corrected chi connectivity index (χ3v) is 4.56. The third kappa shape index (κ3) is 3.86. The second-order valence-electron chi connectivity index (χ2n) is 6.51. The summed E-state index contributed by atoms with van der Waals surface area (Å²) in [7, 11) is 0. The summed E-state index contributed by atoms with van der Waals surface area (Å²) < 4.78 is 11.1. The average Bonchev–Trinajstić information content (AvgIpc) is 3.54. The Morgan fingerprint density at radius 3 is 2.33 bits per heavy atom. The van der Waals surface area contributed by atoms with Crippen LogP contribution >= 0.6 is 0 Å². The maximum atomic E-state index is 13.4. The van der Waals surface area contributed by atoms with Gasteiger partial charge in [-0.25, -0.2) is 0 Å². The molecule has 0 aliphatic carbocycles. The molecule has 0 saturated carbocycles. The molecule has 1 saturated heterocycles. The van der Waals surface area contributed by atoms with Crippen LogP contribution in [-0.4, -0.2) is 25.2 Å². The number of para-hydroxylation sites is 1. The van der Waals surface area contributed by atoms with Crippen molar-refractivity contribution < 1.29 is 14.3 Å². The Morgan fingerprint density at radius 1 is 1.00 bits per heavy atom. The number of rotatable bonds is 6. The van der Waals surface area contributed by atoms with E-state index in [9.17, 15) is 4.79 Å². The first-order valence-electron chi connectivity index (χ1n) is 9.02. The highest BCUT2D eigenvalue weighted by Gasteiger charge is 2.25. The summed E-state index contributed by atoms with van der Waals surface area (Å²) in [5.74, 6) is 0.692. The topological polar surface area (TPSA) is 42.1 Å². The fourth-order valence-electron chi connectivity index (χ4n) is 3.00. The molecule has 0 radical (unpaired) electrons. The van der Waals surface area contributed by atoms with Crippen molar-refractivity contribution >= 4 is 17.3 Å². The maximum absolute atomic E-state index is 13.4. The lowest BCUT2D eigenvalue weighted by Crippen LogP contribution is -2.26. The minimum Gasteiger partial charge on any atom is -0.490 e. The van der Waals surface area contributed by atoms with Crippen molar-refractivity contribution in [2.45, 2.75) is 13.0 Å². The van der Waals surface area contributed by atoms with Crippen LogP contribution in [0.5, 0.6) is 5.75 Å². The zero-order valence-electron chi connectivity index (χ0n) is 15.2. The van der Waals surface area contributed by atoms with E-state index in [4.69, 9.17) is 9.47 Å². The second-order valence-corrected chi connectivity index (χ2v) is 6.51. The van der Waals surface area contributed by atoms with Gasteiger partial charge in [-0.15, -0.1) is 0 Å². The zero-order chi connectivity index (χ0) is 18.6. The van der Waals surface area contributed by atoms with Crippen molar-refractivity contribution in [3.8, 4) is 5.75 Å². The molecule has 1 fully saturated rings. The van der Waals surface area contributed by atoms with Gasteiger partial charge in [0.2, 0.25) is 0 Å². The molecule has 4 heteroatoms. The number of anilines is 2. The Balaban J connectivity index is 1.74. The van der Waals surface area contributed by atoms with Crippen LogP contribution in [0.1, 0.15) is 15.9 Å². The van der Waals surface area contributed by atoms with E-state index in [1.54, 1.807) is 4.90 Å². The van der Waals surface area contributed by atoms with Gasteiger partial charge in [-0.2, -0.15) is 0 Å². The molecular weight excluding hydrogens is 338 g/mol. The molecule has 0 bridgehead atoms. The van der Waals surface area contributed by atoms with Crippen LogP contribution in [0.3, 0.4) is 0 Å². The second kappa shape index (κ2) is 7.64. The van der Waals surface area contributed by atoms with Crippen LogP contribution in [0.2, 0.25) is 0 Å². The standard InChI is InChI=1S/C23H21NO3/c1-17-21(13-8-14-22(17)27-16-20-15-26-20)24(19-11-6-3-7-12-19)23(25)18-9-4-2-5-10-18/h2-14,20H,15-16H2,1H3. The molecule has 1 aliphatic rings. The van der Waals surface area contributed by atoms with Gasteiger partial charge in [0.05, 0.1) is 12.3 Å². The molecule has 0 N–H and O–H groups in total. The maximum Gasteiger partial charge on any atom is 0.262 e. The van der Waals surface area contributed by atoms with E-state index < -0.39 is 0 Å². The molecule has 136 valence electrons. The Bertz CT molecular complexity index is 921. The van der Waals surface area contributed by atoms with Gasteiger partial charge in [0.25, 0.3) is 5.91 Å². The molecule has 1 aliphatic heterocycles. The number of carbonyl (C=O) groups is 1. The molecule has 27 heavy (non-hydrogen) atoms. The minimum atomic E-state index is -0.0763. The van der Waals surface area contributed by atoms with Crippen molar-refractivity contribution in [1.29, 1.82) is 0 Å². The average molecular weight is 359 g/mol. The molecule has 1 heterocycles. The predicted octanol–water partition coefficient (Wildman–Crippen LogP) is 4.75. The fraction of sp³-hybridized carbons (Fsp3) is 0.174. The lowest BCUT2D eigenvalue weighted by Gasteiger charge is -2.26. The monoisotopic (exact) mass is 359 g/mol.